The van der Waals surface area contributed by atoms with Crippen LogP contribution >= 0.6 is 0 Å². The minimum Gasteiger partial charge on any atom is -0.459 e. The molecule has 232 valence electrons. The van der Waals surface area contributed by atoms with Gasteiger partial charge in [0.15, 0.2) is 0 Å². The molecule has 0 heterocycles. The highest BCUT2D eigenvalue weighted by Gasteiger charge is 2.29. The van der Waals surface area contributed by atoms with Crippen molar-refractivity contribution in [1.82, 2.24) is 0 Å². The quantitative estimate of drug-likeness (QED) is 0.134. The summed E-state index contributed by atoms with van der Waals surface area (Å²) in [5.74, 6) is -2.53. The minimum atomic E-state index is -1.04. The Labute approximate surface area is 261 Å². The van der Waals surface area contributed by atoms with E-state index in [2.05, 4.69) is 0 Å². The van der Waals surface area contributed by atoms with Gasteiger partial charge in [-0.3, -0.25) is 0 Å². The molecular weight excluding hydrogens is 576 g/mol. The van der Waals surface area contributed by atoms with E-state index in [-0.39, 0.29) is 43.6 Å². The lowest BCUT2D eigenvalue weighted by atomic mass is 10.0. The molecule has 0 amide bonds. The van der Waals surface area contributed by atoms with Crippen LogP contribution in [0.3, 0.4) is 0 Å². The Bertz CT molecular complexity index is 1510. The Morgan fingerprint density at radius 2 is 0.800 bits per heavy atom. The highest BCUT2D eigenvalue weighted by atomic mass is 16.6. The second-order valence-electron chi connectivity index (χ2n) is 10.1. The number of aliphatic hydroxyl groups is 1. The van der Waals surface area contributed by atoms with Crippen molar-refractivity contribution in [3.8, 4) is 0 Å². The third-order valence-electron chi connectivity index (χ3n) is 6.76. The summed E-state index contributed by atoms with van der Waals surface area (Å²) in [6, 6.07) is 33.3. The number of carbonyl (C=O) groups excluding carboxylic acids is 4. The van der Waals surface area contributed by atoms with Gasteiger partial charge in [-0.2, -0.15) is 0 Å². The van der Waals surface area contributed by atoms with Crippen LogP contribution in [0, 0.1) is 0 Å². The van der Waals surface area contributed by atoms with Crippen LogP contribution in [0.15, 0.2) is 121 Å². The molecular formula is C36H34O9. The van der Waals surface area contributed by atoms with E-state index in [1.807, 2.05) is 0 Å². The SMILES string of the molecule is O=C(OC[C@H](C[C@@H](C[C@@H](CCO)OC(=O)c1ccccc1)OC(=O)c1ccccc1)OC(=O)c1ccccc1)c1ccccc1. The summed E-state index contributed by atoms with van der Waals surface area (Å²) in [5, 5.41) is 9.75. The molecule has 0 aliphatic rings. The highest BCUT2D eigenvalue weighted by Crippen LogP contribution is 2.21. The first-order valence-corrected chi connectivity index (χ1v) is 14.5. The first-order valence-electron chi connectivity index (χ1n) is 14.5. The average Bonchev–Trinajstić information content (AvgIpc) is 3.08. The molecule has 0 fully saturated rings. The molecule has 4 aromatic carbocycles. The lowest BCUT2D eigenvalue weighted by Crippen LogP contribution is -2.34. The number of ether oxygens (including phenoxy) is 4. The maximum atomic E-state index is 13.1. The second kappa shape index (κ2) is 17.1. The van der Waals surface area contributed by atoms with Crippen LogP contribution in [0.1, 0.15) is 60.7 Å². The van der Waals surface area contributed by atoms with Crippen molar-refractivity contribution in [2.24, 2.45) is 0 Å². The molecule has 0 aliphatic heterocycles. The monoisotopic (exact) mass is 610 g/mol. The van der Waals surface area contributed by atoms with Crippen molar-refractivity contribution in [3.63, 3.8) is 0 Å². The molecule has 0 spiro atoms. The molecule has 0 aromatic heterocycles. The van der Waals surface area contributed by atoms with Crippen LogP contribution in [-0.2, 0) is 18.9 Å². The molecule has 3 atom stereocenters. The normalized spacial score (nSPS) is 12.6. The number of esters is 4. The summed E-state index contributed by atoms with van der Waals surface area (Å²) < 4.78 is 22.8. The maximum Gasteiger partial charge on any atom is 0.338 e. The molecule has 4 rings (SSSR count). The Morgan fingerprint density at radius 3 is 1.20 bits per heavy atom. The predicted octanol–water partition coefficient (Wildman–Crippen LogP) is 5.68. The van der Waals surface area contributed by atoms with E-state index in [1.54, 1.807) is 121 Å². The molecule has 9 nitrogen and oxygen atoms in total. The van der Waals surface area contributed by atoms with Crippen molar-refractivity contribution < 1.29 is 43.2 Å². The van der Waals surface area contributed by atoms with E-state index >= 15 is 0 Å². The zero-order valence-corrected chi connectivity index (χ0v) is 24.5. The third-order valence-corrected chi connectivity index (χ3v) is 6.76. The number of benzene rings is 4. The molecule has 0 bridgehead atoms. The topological polar surface area (TPSA) is 125 Å². The molecule has 45 heavy (non-hydrogen) atoms. The van der Waals surface area contributed by atoms with Gasteiger partial charge in [-0.1, -0.05) is 72.8 Å². The Hall–Kier alpha value is -5.28. The molecule has 0 saturated heterocycles. The van der Waals surface area contributed by atoms with E-state index in [9.17, 15) is 24.3 Å². The summed E-state index contributed by atoms with van der Waals surface area (Å²) in [5.41, 5.74) is 1.20. The number of hydrogen-bond acceptors (Lipinski definition) is 9. The van der Waals surface area contributed by atoms with E-state index in [0.29, 0.717) is 11.1 Å². The van der Waals surface area contributed by atoms with Crippen LogP contribution in [-0.4, -0.2) is 60.5 Å². The minimum absolute atomic E-state index is 0.0241. The Morgan fingerprint density at radius 1 is 0.467 bits per heavy atom. The second-order valence-corrected chi connectivity index (χ2v) is 10.1. The Balaban J connectivity index is 1.56. The van der Waals surface area contributed by atoms with Crippen LogP contribution < -0.4 is 0 Å². The first-order chi connectivity index (χ1) is 21.9. The number of aliphatic hydroxyl groups excluding tert-OH is 1. The third kappa shape index (κ3) is 10.4. The average molecular weight is 611 g/mol. The summed E-state index contributed by atoms with van der Waals surface area (Å²) in [7, 11) is 0. The zero-order chi connectivity index (χ0) is 31.9. The van der Waals surface area contributed by atoms with E-state index in [0.717, 1.165) is 0 Å². The maximum absolute atomic E-state index is 13.1. The van der Waals surface area contributed by atoms with Gasteiger partial charge in [0, 0.05) is 25.9 Å². The largest absolute Gasteiger partial charge is 0.459 e. The zero-order valence-electron chi connectivity index (χ0n) is 24.5. The summed E-state index contributed by atoms with van der Waals surface area (Å²) in [4.78, 5) is 51.8. The Kier molecular flexibility index (Phi) is 12.4. The van der Waals surface area contributed by atoms with Crippen LogP contribution in [0.2, 0.25) is 0 Å². The van der Waals surface area contributed by atoms with Crippen molar-refractivity contribution in [1.29, 1.82) is 0 Å². The molecule has 4 aromatic rings. The number of rotatable bonds is 15. The van der Waals surface area contributed by atoms with Gasteiger partial charge in [-0.15, -0.1) is 0 Å². The lowest BCUT2D eigenvalue weighted by Gasteiger charge is -2.27. The molecule has 9 heteroatoms. The van der Waals surface area contributed by atoms with Gasteiger partial charge in [-0.25, -0.2) is 19.2 Å². The summed E-state index contributed by atoms with van der Waals surface area (Å²) in [6.45, 7) is -0.632. The standard InChI is InChI=1S/C36H34O9/c37-22-21-30(43-34(39)27-15-7-2-8-16-27)23-31(44-35(40)28-17-9-3-10-18-28)24-32(45-36(41)29-19-11-4-12-20-29)25-42-33(38)26-13-5-1-6-14-26/h1-20,30-32,37H,21-25H2/t30-,31-,32+/m1/s1. The number of carbonyl (C=O) groups is 4. The molecule has 0 saturated carbocycles. The number of hydrogen-bond donors (Lipinski definition) is 1. The van der Waals surface area contributed by atoms with E-state index in [1.165, 1.54) is 0 Å². The van der Waals surface area contributed by atoms with Crippen molar-refractivity contribution in [2.45, 2.75) is 37.6 Å². The molecule has 0 radical (unpaired) electrons. The van der Waals surface area contributed by atoms with Gasteiger partial charge in [0.2, 0.25) is 0 Å². The van der Waals surface area contributed by atoms with E-state index in [4.69, 9.17) is 18.9 Å². The van der Waals surface area contributed by atoms with Gasteiger partial charge in [0.05, 0.1) is 22.3 Å². The fourth-order valence-electron chi connectivity index (χ4n) is 4.51. The van der Waals surface area contributed by atoms with Gasteiger partial charge in [0.1, 0.15) is 24.9 Å². The lowest BCUT2D eigenvalue weighted by molar-refractivity contribution is -0.0360. The highest BCUT2D eigenvalue weighted by molar-refractivity contribution is 5.91. The van der Waals surface area contributed by atoms with Gasteiger partial charge in [0.25, 0.3) is 0 Å². The molecule has 0 unspecified atom stereocenters. The van der Waals surface area contributed by atoms with Crippen LogP contribution in [0.25, 0.3) is 0 Å². The fraction of sp³-hybridized carbons (Fsp3) is 0.222. The van der Waals surface area contributed by atoms with Gasteiger partial charge in [-0.05, 0) is 48.5 Å². The summed E-state index contributed by atoms with van der Waals surface area (Å²) in [6.07, 6.45) is -2.92. The fourth-order valence-corrected chi connectivity index (χ4v) is 4.51. The van der Waals surface area contributed by atoms with Gasteiger partial charge < -0.3 is 24.1 Å². The van der Waals surface area contributed by atoms with Crippen molar-refractivity contribution in [2.75, 3.05) is 13.2 Å². The van der Waals surface area contributed by atoms with Crippen molar-refractivity contribution in [3.05, 3.63) is 144 Å². The predicted molar refractivity (Wildman–Crippen MR) is 165 cm³/mol. The van der Waals surface area contributed by atoms with Gasteiger partial charge >= 0.3 is 23.9 Å². The molecule has 0 aliphatic carbocycles. The summed E-state index contributed by atoms with van der Waals surface area (Å²) >= 11 is 0. The first kappa shape index (κ1) is 32.6. The molecule has 1 N–H and O–H groups in total. The van der Waals surface area contributed by atoms with E-state index < -0.39 is 42.2 Å². The van der Waals surface area contributed by atoms with Crippen molar-refractivity contribution >= 4 is 23.9 Å². The van der Waals surface area contributed by atoms with Crippen LogP contribution in [0.4, 0.5) is 0 Å². The van der Waals surface area contributed by atoms with Crippen LogP contribution in [0.5, 0.6) is 0 Å². The smallest absolute Gasteiger partial charge is 0.338 e.